The monoisotopic (exact) mass is 259 g/mol. The van der Waals surface area contributed by atoms with Gasteiger partial charge >= 0.3 is 0 Å². The first-order valence-electron chi connectivity index (χ1n) is 6.14. The van der Waals surface area contributed by atoms with Crippen molar-refractivity contribution in [1.82, 2.24) is 10.5 Å². The van der Waals surface area contributed by atoms with Gasteiger partial charge in [-0.05, 0) is 12.5 Å². The third-order valence-electron chi connectivity index (χ3n) is 2.77. The molecule has 0 aliphatic heterocycles. The van der Waals surface area contributed by atoms with Crippen LogP contribution in [0.5, 0.6) is 0 Å². The summed E-state index contributed by atoms with van der Waals surface area (Å²) in [5.41, 5.74) is 7.72. The Morgan fingerprint density at radius 1 is 1.42 bits per heavy atom. The molecule has 0 radical (unpaired) electrons. The van der Waals surface area contributed by atoms with E-state index < -0.39 is 0 Å². The fourth-order valence-corrected chi connectivity index (χ4v) is 1.78. The van der Waals surface area contributed by atoms with Gasteiger partial charge < -0.3 is 15.6 Å². The van der Waals surface area contributed by atoms with Crippen LogP contribution in [0.15, 0.2) is 40.9 Å². The molecule has 2 aromatic rings. The third kappa shape index (κ3) is 3.93. The van der Waals surface area contributed by atoms with Crippen molar-refractivity contribution in [1.29, 1.82) is 0 Å². The number of carbonyl (C=O) groups is 1. The van der Waals surface area contributed by atoms with Gasteiger partial charge in [-0.3, -0.25) is 4.79 Å². The van der Waals surface area contributed by atoms with Crippen LogP contribution in [0.3, 0.4) is 0 Å². The molecule has 5 nitrogen and oxygen atoms in total. The Hall–Kier alpha value is -2.14. The lowest BCUT2D eigenvalue weighted by Crippen LogP contribution is -2.27. The quantitative estimate of drug-likeness (QED) is 0.856. The number of carbonyl (C=O) groups excluding carboxylic acids is 1. The highest BCUT2D eigenvalue weighted by molar-refractivity contribution is 5.76. The second-order valence-corrected chi connectivity index (χ2v) is 4.43. The van der Waals surface area contributed by atoms with E-state index in [1.54, 1.807) is 6.07 Å². The standard InChI is InChI=1S/C14H17N3O2/c1-10-7-12(19-17-10)9-16-14(18)8-13(15)11-5-3-2-4-6-11/h2-7,13H,8-9,15H2,1H3,(H,16,18). The highest BCUT2D eigenvalue weighted by atomic mass is 16.5. The summed E-state index contributed by atoms with van der Waals surface area (Å²) < 4.78 is 5.01. The van der Waals surface area contributed by atoms with Crippen molar-refractivity contribution in [2.45, 2.75) is 25.9 Å². The van der Waals surface area contributed by atoms with Gasteiger partial charge in [-0.15, -0.1) is 0 Å². The molecule has 2 rings (SSSR count). The molecule has 0 fully saturated rings. The normalized spacial score (nSPS) is 12.1. The topological polar surface area (TPSA) is 81.2 Å². The van der Waals surface area contributed by atoms with Crippen LogP contribution in [0.4, 0.5) is 0 Å². The molecule has 0 aliphatic carbocycles. The molecular weight excluding hydrogens is 242 g/mol. The molecule has 19 heavy (non-hydrogen) atoms. The molecule has 100 valence electrons. The number of hydrogen-bond donors (Lipinski definition) is 2. The number of nitrogens with one attached hydrogen (secondary N) is 1. The van der Waals surface area contributed by atoms with E-state index in [2.05, 4.69) is 10.5 Å². The van der Waals surface area contributed by atoms with Crippen molar-refractivity contribution in [2.75, 3.05) is 0 Å². The number of hydrogen-bond acceptors (Lipinski definition) is 4. The zero-order chi connectivity index (χ0) is 13.7. The minimum Gasteiger partial charge on any atom is -0.359 e. The predicted octanol–water partition coefficient (Wildman–Crippen LogP) is 1.69. The first-order chi connectivity index (χ1) is 9.15. The van der Waals surface area contributed by atoms with E-state index in [0.29, 0.717) is 12.3 Å². The first kappa shape index (κ1) is 13.3. The van der Waals surface area contributed by atoms with Gasteiger partial charge in [0.05, 0.1) is 12.2 Å². The molecule has 5 heteroatoms. The minimum atomic E-state index is -0.294. The van der Waals surface area contributed by atoms with Gasteiger partial charge in [0.25, 0.3) is 0 Å². The molecule has 1 heterocycles. The molecule has 0 aliphatic rings. The molecule has 1 amide bonds. The Labute approximate surface area is 111 Å². The van der Waals surface area contributed by atoms with Crippen molar-refractivity contribution in [3.8, 4) is 0 Å². The second kappa shape index (κ2) is 6.15. The van der Waals surface area contributed by atoms with E-state index in [9.17, 15) is 4.79 Å². The summed E-state index contributed by atoms with van der Waals surface area (Å²) in [5.74, 6) is 0.532. The van der Waals surface area contributed by atoms with Crippen LogP contribution in [0.25, 0.3) is 0 Å². The van der Waals surface area contributed by atoms with Crippen molar-refractivity contribution >= 4 is 5.91 Å². The van der Waals surface area contributed by atoms with Crippen molar-refractivity contribution in [3.63, 3.8) is 0 Å². The minimum absolute atomic E-state index is 0.106. The van der Waals surface area contributed by atoms with Crippen molar-refractivity contribution in [2.24, 2.45) is 5.73 Å². The fraction of sp³-hybridized carbons (Fsp3) is 0.286. The zero-order valence-corrected chi connectivity index (χ0v) is 10.8. The Morgan fingerprint density at radius 2 is 2.16 bits per heavy atom. The summed E-state index contributed by atoms with van der Waals surface area (Å²) in [4.78, 5) is 11.8. The van der Waals surface area contributed by atoms with Crippen LogP contribution < -0.4 is 11.1 Å². The summed E-state index contributed by atoms with van der Waals surface area (Å²) in [6, 6.07) is 11.1. The molecule has 1 unspecified atom stereocenters. The third-order valence-corrected chi connectivity index (χ3v) is 2.77. The maximum Gasteiger partial charge on any atom is 0.222 e. The average Bonchev–Trinajstić information content (AvgIpc) is 2.83. The summed E-state index contributed by atoms with van der Waals surface area (Å²) in [6.07, 6.45) is 0.247. The highest BCUT2D eigenvalue weighted by Crippen LogP contribution is 2.13. The van der Waals surface area contributed by atoms with Gasteiger partial charge in [0.15, 0.2) is 5.76 Å². The van der Waals surface area contributed by atoms with Crippen LogP contribution in [0, 0.1) is 6.92 Å². The lowest BCUT2D eigenvalue weighted by atomic mass is 10.0. The van der Waals surface area contributed by atoms with Crippen LogP contribution in [-0.2, 0) is 11.3 Å². The van der Waals surface area contributed by atoms with Gasteiger partial charge in [0.1, 0.15) is 0 Å². The van der Waals surface area contributed by atoms with Crippen LogP contribution in [-0.4, -0.2) is 11.1 Å². The van der Waals surface area contributed by atoms with Crippen LogP contribution in [0.2, 0.25) is 0 Å². The van der Waals surface area contributed by atoms with Crippen molar-refractivity contribution in [3.05, 3.63) is 53.4 Å². The Bertz CT molecular complexity index is 537. The van der Waals surface area contributed by atoms with E-state index in [4.69, 9.17) is 10.3 Å². The number of amides is 1. The average molecular weight is 259 g/mol. The SMILES string of the molecule is Cc1cc(CNC(=O)CC(N)c2ccccc2)on1. The van der Waals surface area contributed by atoms with Crippen LogP contribution >= 0.6 is 0 Å². The lowest BCUT2D eigenvalue weighted by molar-refractivity contribution is -0.121. The van der Waals surface area contributed by atoms with Crippen LogP contribution in [0.1, 0.15) is 29.5 Å². The van der Waals surface area contributed by atoms with Gasteiger partial charge in [-0.25, -0.2) is 0 Å². The van der Waals surface area contributed by atoms with E-state index in [0.717, 1.165) is 11.3 Å². The highest BCUT2D eigenvalue weighted by Gasteiger charge is 2.11. The summed E-state index contributed by atoms with van der Waals surface area (Å²) in [6.45, 7) is 2.17. The van der Waals surface area contributed by atoms with E-state index >= 15 is 0 Å². The largest absolute Gasteiger partial charge is 0.359 e. The number of nitrogens with zero attached hydrogens (tertiary/aromatic N) is 1. The second-order valence-electron chi connectivity index (χ2n) is 4.43. The Kier molecular flexibility index (Phi) is 4.30. The van der Waals surface area contributed by atoms with Gasteiger partial charge in [-0.2, -0.15) is 0 Å². The first-order valence-corrected chi connectivity index (χ1v) is 6.14. The molecule has 0 saturated carbocycles. The Morgan fingerprint density at radius 3 is 2.79 bits per heavy atom. The summed E-state index contributed by atoms with van der Waals surface area (Å²) >= 11 is 0. The van der Waals surface area contributed by atoms with E-state index in [1.165, 1.54) is 0 Å². The van der Waals surface area contributed by atoms with E-state index in [1.807, 2.05) is 37.3 Å². The molecule has 0 saturated heterocycles. The lowest BCUT2D eigenvalue weighted by Gasteiger charge is -2.11. The molecule has 0 bridgehead atoms. The maximum atomic E-state index is 11.8. The fourth-order valence-electron chi connectivity index (χ4n) is 1.78. The van der Waals surface area contributed by atoms with Gasteiger partial charge in [-0.1, -0.05) is 35.5 Å². The summed E-state index contributed by atoms with van der Waals surface area (Å²) in [7, 11) is 0. The predicted molar refractivity (Wildman–Crippen MR) is 71.1 cm³/mol. The number of nitrogens with two attached hydrogens (primary N) is 1. The molecule has 1 aromatic heterocycles. The number of benzene rings is 1. The van der Waals surface area contributed by atoms with Gasteiger partial charge in [0, 0.05) is 18.5 Å². The maximum absolute atomic E-state index is 11.8. The smallest absolute Gasteiger partial charge is 0.222 e. The molecule has 3 N–H and O–H groups in total. The molecule has 1 atom stereocenters. The van der Waals surface area contributed by atoms with E-state index in [-0.39, 0.29) is 18.4 Å². The number of aryl methyl sites for hydroxylation is 1. The molecule has 0 spiro atoms. The molecule has 1 aromatic carbocycles. The molecular formula is C14H17N3O2. The number of aromatic nitrogens is 1. The number of rotatable bonds is 5. The summed E-state index contributed by atoms with van der Waals surface area (Å²) in [5, 5.41) is 6.51. The van der Waals surface area contributed by atoms with Crippen molar-refractivity contribution < 1.29 is 9.32 Å². The zero-order valence-electron chi connectivity index (χ0n) is 10.8. The Balaban J connectivity index is 1.81. The van der Waals surface area contributed by atoms with Gasteiger partial charge in [0.2, 0.25) is 5.91 Å².